The Kier molecular flexibility index (Phi) is 4.54. The summed E-state index contributed by atoms with van der Waals surface area (Å²) in [4.78, 5) is 35.8. The molecule has 7 heteroatoms. The maximum atomic E-state index is 11.7. The minimum absolute atomic E-state index is 0.101. The van der Waals surface area contributed by atoms with Crippen LogP contribution >= 0.6 is 0 Å². The molecule has 2 rings (SSSR count). The Labute approximate surface area is 121 Å². The number of carboxylic acids is 1. The molecule has 1 aromatic carbocycles. The fraction of sp³-hybridized carbons (Fsp3) is 0.357. The summed E-state index contributed by atoms with van der Waals surface area (Å²) in [7, 11) is 1.44. The second-order valence-corrected chi connectivity index (χ2v) is 4.84. The number of carbonyl (C=O) groups is 3. The Balaban J connectivity index is 2.03. The summed E-state index contributed by atoms with van der Waals surface area (Å²) in [6.07, 6.45) is 0.574. The number of fused-ring (bicyclic) bond motifs is 1. The van der Waals surface area contributed by atoms with Gasteiger partial charge < -0.3 is 10.4 Å². The number of rotatable bonds is 3. The molecule has 0 aliphatic carbocycles. The van der Waals surface area contributed by atoms with Crippen LogP contribution in [0.1, 0.15) is 21.5 Å². The molecule has 1 aliphatic rings. The zero-order valence-electron chi connectivity index (χ0n) is 11.7. The van der Waals surface area contributed by atoms with Gasteiger partial charge in [0, 0.05) is 20.1 Å². The van der Waals surface area contributed by atoms with Gasteiger partial charge in [0.05, 0.1) is 12.1 Å². The molecule has 0 radical (unpaired) electrons. The highest BCUT2D eigenvalue weighted by Crippen LogP contribution is 2.22. The highest BCUT2D eigenvalue weighted by Gasteiger charge is 2.22. The molecule has 1 heterocycles. The van der Waals surface area contributed by atoms with Gasteiger partial charge >= 0.3 is 12.0 Å². The molecule has 0 saturated heterocycles. The third-order valence-electron chi connectivity index (χ3n) is 3.42. The SMILES string of the molecule is CNC(=O)NC(=O)CN1CCc2c(cccc2C(=O)O)C1. The number of amides is 3. The summed E-state index contributed by atoms with van der Waals surface area (Å²) in [5, 5.41) is 13.7. The first kappa shape index (κ1) is 15.0. The zero-order valence-corrected chi connectivity index (χ0v) is 11.7. The van der Waals surface area contributed by atoms with Crippen LogP contribution in [0.5, 0.6) is 0 Å². The van der Waals surface area contributed by atoms with Crippen molar-refractivity contribution >= 4 is 17.9 Å². The fourth-order valence-corrected chi connectivity index (χ4v) is 2.43. The highest BCUT2D eigenvalue weighted by molar-refractivity contribution is 5.95. The number of hydrogen-bond donors (Lipinski definition) is 3. The number of carboxylic acid groups (broad SMARTS) is 1. The van der Waals surface area contributed by atoms with Gasteiger partial charge in [-0.3, -0.25) is 15.0 Å². The Hall–Kier alpha value is -2.41. The molecule has 3 N–H and O–H groups in total. The lowest BCUT2D eigenvalue weighted by molar-refractivity contribution is -0.121. The van der Waals surface area contributed by atoms with Crippen LogP contribution in [0.3, 0.4) is 0 Å². The van der Waals surface area contributed by atoms with Crippen LogP contribution in [0, 0.1) is 0 Å². The van der Waals surface area contributed by atoms with E-state index < -0.39 is 12.0 Å². The van der Waals surface area contributed by atoms with E-state index in [1.165, 1.54) is 7.05 Å². The minimum atomic E-state index is -0.933. The molecule has 1 aromatic rings. The van der Waals surface area contributed by atoms with E-state index in [0.29, 0.717) is 25.1 Å². The van der Waals surface area contributed by atoms with E-state index in [-0.39, 0.29) is 12.5 Å². The molecule has 0 saturated carbocycles. The van der Waals surface area contributed by atoms with Crippen molar-refractivity contribution in [2.24, 2.45) is 0 Å². The smallest absolute Gasteiger partial charge is 0.335 e. The van der Waals surface area contributed by atoms with Gasteiger partial charge in [0.2, 0.25) is 5.91 Å². The number of hydrogen-bond acceptors (Lipinski definition) is 4. The average Bonchev–Trinajstić information content (AvgIpc) is 2.45. The van der Waals surface area contributed by atoms with Crippen LogP contribution < -0.4 is 10.6 Å². The number of nitrogens with zero attached hydrogens (tertiary/aromatic N) is 1. The van der Waals surface area contributed by atoms with Gasteiger partial charge in [0.15, 0.2) is 0 Å². The summed E-state index contributed by atoms with van der Waals surface area (Å²) in [6, 6.07) is 4.63. The van der Waals surface area contributed by atoms with E-state index in [9.17, 15) is 14.4 Å². The van der Waals surface area contributed by atoms with Crippen molar-refractivity contribution in [3.63, 3.8) is 0 Å². The van der Waals surface area contributed by atoms with Crippen molar-refractivity contribution in [3.8, 4) is 0 Å². The van der Waals surface area contributed by atoms with Crippen LogP contribution in [-0.4, -0.2) is 48.1 Å². The first-order chi connectivity index (χ1) is 10.0. The van der Waals surface area contributed by atoms with E-state index in [4.69, 9.17) is 5.11 Å². The molecule has 3 amide bonds. The van der Waals surface area contributed by atoms with Crippen LogP contribution in [-0.2, 0) is 17.8 Å². The Bertz CT molecular complexity index is 586. The first-order valence-corrected chi connectivity index (χ1v) is 6.59. The fourth-order valence-electron chi connectivity index (χ4n) is 2.43. The Morgan fingerprint density at radius 2 is 2.10 bits per heavy atom. The van der Waals surface area contributed by atoms with Gasteiger partial charge in [0.25, 0.3) is 0 Å². The first-order valence-electron chi connectivity index (χ1n) is 6.59. The lowest BCUT2D eigenvalue weighted by Gasteiger charge is -2.28. The number of imide groups is 1. The van der Waals surface area contributed by atoms with Crippen molar-refractivity contribution in [3.05, 3.63) is 34.9 Å². The summed E-state index contributed by atoms with van der Waals surface area (Å²) in [5.74, 6) is -1.31. The standard InChI is InChI=1S/C14H17N3O4/c1-15-14(21)16-12(18)8-17-6-5-10-9(7-17)3-2-4-11(10)13(19)20/h2-4H,5-8H2,1H3,(H,19,20)(H2,15,16,18,21). The van der Waals surface area contributed by atoms with Gasteiger partial charge in [-0.25, -0.2) is 9.59 Å². The van der Waals surface area contributed by atoms with Gasteiger partial charge in [-0.15, -0.1) is 0 Å². The molecule has 0 aromatic heterocycles. The maximum Gasteiger partial charge on any atom is 0.335 e. The molecular weight excluding hydrogens is 274 g/mol. The largest absolute Gasteiger partial charge is 0.478 e. The van der Waals surface area contributed by atoms with Crippen molar-refractivity contribution in [1.29, 1.82) is 0 Å². The molecule has 0 bridgehead atoms. The third-order valence-corrected chi connectivity index (χ3v) is 3.42. The van der Waals surface area contributed by atoms with Crippen molar-refractivity contribution in [2.75, 3.05) is 20.1 Å². The zero-order chi connectivity index (χ0) is 15.4. The quantitative estimate of drug-likeness (QED) is 0.739. The highest BCUT2D eigenvalue weighted by atomic mass is 16.4. The predicted molar refractivity (Wildman–Crippen MR) is 75.0 cm³/mol. The second-order valence-electron chi connectivity index (χ2n) is 4.84. The molecule has 1 aliphatic heterocycles. The number of nitrogens with one attached hydrogen (secondary N) is 2. The van der Waals surface area contributed by atoms with Gasteiger partial charge in [-0.2, -0.15) is 0 Å². The monoisotopic (exact) mass is 291 g/mol. The number of urea groups is 1. The molecule has 112 valence electrons. The van der Waals surface area contributed by atoms with E-state index in [0.717, 1.165) is 11.1 Å². The Morgan fingerprint density at radius 3 is 2.76 bits per heavy atom. The molecule has 0 fully saturated rings. The third kappa shape index (κ3) is 3.57. The van der Waals surface area contributed by atoms with E-state index in [1.54, 1.807) is 12.1 Å². The van der Waals surface area contributed by atoms with Crippen molar-refractivity contribution in [2.45, 2.75) is 13.0 Å². The van der Waals surface area contributed by atoms with Crippen LogP contribution in [0.4, 0.5) is 4.79 Å². The summed E-state index contributed by atoms with van der Waals surface area (Å²) in [6.45, 7) is 1.18. The van der Waals surface area contributed by atoms with Gasteiger partial charge in [0.1, 0.15) is 0 Å². The topological polar surface area (TPSA) is 98.7 Å². The maximum absolute atomic E-state index is 11.7. The Morgan fingerprint density at radius 1 is 1.33 bits per heavy atom. The summed E-state index contributed by atoms with van der Waals surface area (Å²) < 4.78 is 0. The van der Waals surface area contributed by atoms with E-state index >= 15 is 0 Å². The number of benzene rings is 1. The average molecular weight is 291 g/mol. The van der Waals surface area contributed by atoms with E-state index in [2.05, 4.69) is 10.6 Å². The van der Waals surface area contributed by atoms with Crippen LogP contribution in [0.2, 0.25) is 0 Å². The normalized spacial score (nSPS) is 14.1. The molecular formula is C14H17N3O4. The molecule has 7 nitrogen and oxygen atoms in total. The van der Waals surface area contributed by atoms with Crippen LogP contribution in [0.15, 0.2) is 18.2 Å². The predicted octanol–water partition coefficient (Wildman–Crippen LogP) is 0.199. The second kappa shape index (κ2) is 6.36. The molecule has 21 heavy (non-hydrogen) atoms. The number of aromatic carboxylic acids is 1. The minimum Gasteiger partial charge on any atom is -0.478 e. The van der Waals surface area contributed by atoms with E-state index in [1.807, 2.05) is 11.0 Å². The lowest BCUT2D eigenvalue weighted by Crippen LogP contribution is -2.44. The molecule has 0 unspecified atom stereocenters. The molecule has 0 atom stereocenters. The van der Waals surface area contributed by atoms with Crippen molar-refractivity contribution < 1.29 is 19.5 Å². The summed E-state index contributed by atoms with van der Waals surface area (Å²) in [5.41, 5.74) is 2.06. The van der Waals surface area contributed by atoms with Gasteiger partial charge in [-0.05, 0) is 23.6 Å². The van der Waals surface area contributed by atoms with Crippen LogP contribution in [0.25, 0.3) is 0 Å². The van der Waals surface area contributed by atoms with Crippen molar-refractivity contribution in [1.82, 2.24) is 15.5 Å². The number of carbonyl (C=O) groups excluding carboxylic acids is 2. The summed E-state index contributed by atoms with van der Waals surface area (Å²) >= 11 is 0. The lowest BCUT2D eigenvalue weighted by atomic mass is 9.94. The van der Waals surface area contributed by atoms with Gasteiger partial charge in [-0.1, -0.05) is 12.1 Å². The molecule has 0 spiro atoms.